The zero-order valence-electron chi connectivity index (χ0n) is 17.9. The van der Waals surface area contributed by atoms with Gasteiger partial charge in [-0.1, -0.05) is 48.0 Å². The third-order valence-electron chi connectivity index (χ3n) is 5.42. The van der Waals surface area contributed by atoms with Crippen molar-refractivity contribution in [1.82, 2.24) is 10.3 Å². The molecule has 5 nitrogen and oxygen atoms in total. The van der Waals surface area contributed by atoms with Gasteiger partial charge in [-0.15, -0.1) is 11.3 Å². The molecule has 5 aromatic rings. The summed E-state index contributed by atoms with van der Waals surface area (Å²) in [7, 11) is 0. The van der Waals surface area contributed by atoms with Crippen molar-refractivity contribution in [2.75, 3.05) is 5.32 Å². The molecule has 0 fully saturated rings. The Morgan fingerprint density at radius 1 is 1.03 bits per heavy atom. The van der Waals surface area contributed by atoms with Crippen molar-refractivity contribution in [1.29, 1.82) is 0 Å². The molecule has 0 atom stereocenters. The Morgan fingerprint density at radius 2 is 1.79 bits per heavy atom. The standard InChI is InChI=1S/C26H18ClN3O2S2/c1-14-12-15(13-19(23(14)31)25-29-21-10-2-3-11-22(21)34-25)28-26(33)30-24(32)18-8-4-7-17-16(18)6-5-9-20(17)27/h2-13,31H,1H3,(H2,28,30,32,33). The third kappa shape index (κ3) is 4.21. The lowest BCUT2D eigenvalue weighted by Crippen LogP contribution is -2.34. The van der Waals surface area contributed by atoms with Gasteiger partial charge in [0, 0.05) is 21.7 Å². The molecule has 1 heterocycles. The number of halogens is 1. The topological polar surface area (TPSA) is 74.2 Å². The number of aryl methyl sites for hydroxylation is 1. The molecule has 4 aromatic carbocycles. The average Bonchev–Trinajstić information content (AvgIpc) is 3.25. The Hall–Kier alpha value is -3.52. The predicted octanol–water partition coefficient (Wildman–Crippen LogP) is 6.91. The molecular formula is C26H18ClN3O2S2. The van der Waals surface area contributed by atoms with Crippen LogP contribution in [-0.4, -0.2) is 21.1 Å². The number of hydrogen-bond donors (Lipinski definition) is 3. The number of phenolic OH excluding ortho intramolecular Hbond substituents is 1. The highest BCUT2D eigenvalue weighted by Crippen LogP contribution is 2.38. The summed E-state index contributed by atoms with van der Waals surface area (Å²) in [6, 6.07) is 22.2. The summed E-state index contributed by atoms with van der Waals surface area (Å²) in [5, 5.41) is 19.4. The molecule has 0 aliphatic heterocycles. The summed E-state index contributed by atoms with van der Waals surface area (Å²) in [6.45, 7) is 1.80. The first-order valence-electron chi connectivity index (χ1n) is 10.4. The van der Waals surface area contributed by atoms with Gasteiger partial charge in [-0.2, -0.15) is 0 Å². The highest BCUT2D eigenvalue weighted by atomic mass is 35.5. The van der Waals surface area contributed by atoms with Gasteiger partial charge in [-0.05, 0) is 66.5 Å². The number of aromatic nitrogens is 1. The smallest absolute Gasteiger partial charge is 0.258 e. The largest absolute Gasteiger partial charge is 0.507 e. The van der Waals surface area contributed by atoms with Crippen LogP contribution in [0.15, 0.2) is 72.8 Å². The summed E-state index contributed by atoms with van der Waals surface area (Å²) >= 11 is 13.2. The number of para-hydroxylation sites is 1. The summed E-state index contributed by atoms with van der Waals surface area (Å²) in [5.41, 5.74) is 3.24. The number of hydrogen-bond acceptors (Lipinski definition) is 5. The predicted molar refractivity (Wildman–Crippen MR) is 144 cm³/mol. The molecule has 0 saturated carbocycles. The highest BCUT2D eigenvalue weighted by Gasteiger charge is 2.16. The van der Waals surface area contributed by atoms with Gasteiger partial charge in [0.25, 0.3) is 5.91 Å². The van der Waals surface area contributed by atoms with Crippen LogP contribution in [0, 0.1) is 6.92 Å². The van der Waals surface area contributed by atoms with Gasteiger partial charge in [0.05, 0.1) is 15.8 Å². The minimum absolute atomic E-state index is 0.143. The number of carbonyl (C=O) groups is 1. The molecule has 34 heavy (non-hydrogen) atoms. The maximum Gasteiger partial charge on any atom is 0.258 e. The molecule has 168 valence electrons. The number of rotatable bonds is 3. The molecule has 0 aliphatic rings. The zero-order valence-corrected chi connectivity index (χ0v) is 20.3. The highest BCUT2D eigenvalue weighted by molar-refractivity contribution is 7.80. The number of thiazole rings is 1. The van der Waals surface area contributed by atoms with Gasteiger partial charge in [0.2, 0.25) is 0 Å². The van der Waals surface area contributed by atoms with Crippen LogP contribution in [0.1, 0.15) is 15.9 Å². The number of carbonyl (C=O) groups excluding carboxylic acids is 1. The van der Waals surface area contributed by atoms with Crippen LogP contribution in [0.4, 0.5) is 5.69 Å². The molecule has 1 amide bonds. The molecule has 1 aromatic heterocycles. The normalized spacial score (nSPS) is 11.0. The fourth-order valence-electron chi connectivity index (χ4n) is 3.80. The molecule has 8 heteroatoms. The Morgan fingerprint density at radius 3 is 2.62 bits per heavy atom. The van der Waals surface area contributed by atoms with Gasteiger partial charge in [0.15, 0.2) is 5.11 Å². The van der Waals surface area contributed by atoms with Gasteiger partial charge >= 0.3 is 0 Å². The first kappa shape index (κ1) is 22.3. The lowest BCUT2D eigenvalue weighted by Gasteiger charge is -2.14. The van der Waals surface area contributed by atoms with Crippen LogP contribution >= 0.6 is 35.2 Å². The number of aromatic hydroxyl groups is 1. The molecule has 0 unspecified atom stereocenters. The SMILES string of the molecule is Cc1cc(NC(=S)NC(=O)c2cccc3c(Cl)cccc23)cc(-c2nc3ccccc3s2)c1O. The van der Waals surface area contributed by atoms with E-state index in [0.29, 0.717) is 32.4 Å². The second-order valence-corrected chi connectivity index (χ2v) is 9.57. The lowest BCUT2D eigenvalue weighted by molar-refractivity contribution is 0.0979. The number of benzene rings is 4. The van der Waals surface area contributed by atoms with Gasteiger partial charge in [0.1, 0.15) is 10.8 Å². The van der Waals surface area contributed by atoms with E-state index in [-0.39, 0.29) is 16.8 Å². The number of anilines is 1. The molecule has 0 saturated heterocycles. The molecular weight excluding hydrogens is 486 g/mol. The quantitative estimate of drug-likeness (QED) is 0.184. The number of nitrogens with one attached hydrogen (secondary N) is 2. The second kappa shape index (κ2) is 9.02. The lowest BCUT2D eigenvalue weighted by atomic mass is 10.0. The van der Waals surface area contributed by atoms with Crippen LogP contribution in [0.2, 0.25) is 5.02 Å². The summed E-state index contributed by atoms with van der Waals surface area (Å²) in [6.07, 6.45) is 0. The molecule has 0 radical (unpaired) electrons. The summed E-state index contributed by atoms with van der Waals surface area (Å²) in [5.74, 6) is -0.181. The number of phenols is 1. The van der Waals surface area contributed by atoms with E-state index in [9.17, 15) is 9.90 Å². The monoisotopic (exact) mass is 503 g/mol. The van der Waals surface area contributed by atoms with E-state index in [1.807, 2.05) is 36.4 Å². The number of thiocarbonyl (C=S) groups is 1. The summed E-state index contributed by atoms with van der Waals surface area (Å²) < 4.78 is 1.03. The maximum atomic E-state index is 12.9. The minimum Gasteiger partial charge on any atom is -0.507 e. The van der Waals surface area contributed by atoms with Gasteiger partial charge in [-0.25, -0.2) is 4.98 Å². The fourth-order valence-corrected chi connectivity index (χ4v) is 5.24. The number of amides is 1. The first-order chi connectivity index (χ1) is 16.4. The molecule has 0 aliphatic carbocycles. The van der Waals surface area contributed by atoms with E-state index in [1.165, 1.54) is 11.3 Å². The van der Waals surface area contributed by atoms with Crippen molar-refractivity contribution in [3.8, 4) is 16.3 Å². The maximum absolute atomic E-state index is 12.9. The van der Waals surface area contributed by atoms with Crippen LogP contribution < -0.4 is 10.6 Å². The first-order valence-corrected chi connectivity index (χ1v) is 12.0. The van der Waals surface area contributed by atoms with Crippen molar-refractivity contribution in [3.63, 3.8) is 0 Å². The number of nitrogens with zero attached hydrogens (tertiary/aromatic N) is 1. The Kier molecular flexibility index (Phi) is 5.91. The Labute approximate surface area is 210 Å². The van der Waals surface area contributed by atoms with Crippen LogP contribution in [-0.2, 0) is 0 Å². The summed E-state index contributed by atoms with van der Waals surface area (Å²) in [4.78, 5) is 17.6. The van der Waals surface area contributed by atoms with E-state index < -0.39 is 0 Å². The molecule has 0 spiro atoms. The van der Waals surface area contributed by atoms with Crippen molar-refractivity contribution in [3.05, 3.63) is 88.9 Å². The van der Waals surface area contributed by atoms with Crippen molar-refractivity contribution >= 4 is 72.9 Å². The number of fused-ring (bicyclic) bond motifs is 2. The second-order valence-electron chi connectivity index (χ2n) is 7.72. The van der Waals surface area contributed by atoms with Crippen LogP contribution in [0.5, 0.6) is 5.75 Å². The van der Waals surface area contributed by atoms with E-state index >= 15 is 0 Å². The van der Waals surface area contributed by atoms with Crippen molar-refractivity contribution in [2.45, 2.75) is 6.92 Å². The van der Waals surface area contributed by atoms with E-state index in [4.69, 9.17) is 23.8 Å². The van der Waals surface area contributed by atoms with E-state index in [0.717, 1.165) is 21.0 Å². The Balaban J connectivity index is 1.40. The van der Waals surface area contributed by atoms with Crippen molar-refractivity contribution in [2.24, 2.45) is 0 Å². The van der Waals surface area contributed by atoms with Gasteiger partial charge in [-0.3, -0.25) is 10.1 Å². The average molecular weight is 504 g/mol. The molecule has 0 bridgehead atoms. The minimum atomic E-state index is -0.340. The van der Waals surface area contributed by atoms with Crippen LogP contribution in [0.3, 0.4) is 0 Å². The van der Waals surface area contributed by atoms with Crippen molar-refractivity contribution < 1.29 is 9.90 Å². The van der Waals surface area contributed by atoms with Crippen LogP contribution in [0.25, 0.3) is 31.6 Å². The fraction of sp³-hybridized carbons (Fsp3) is 0.0385. The molecule has 3 N–H and O–H groups in total. The third-order valence-corrected chi connectivity index (χ3v) is 7.03. The zero-order chi connectivity index (χ0) is 23.8. The van der Waals surface area contributed by atoms with E-state index in [2.05, 4.69) is 15.6 Å². The molecule has 5 rings (SSSR count). The van der Waals surface area contributed by atoms with Gasteiger partial charge < -0.3 is 10.4 Å². The Bertz CT molecular complexity index is 1560. The van der Waals surface area contributed by atoms with E-state index in [1.54, 1.807) is 43.3 Å².